The summed E-state index contributed by atoms with van der Waals surface area (Å²) >= 11 is 0. The molecule has 0 radical (unpaired) electrons. The van der Waals surface area contributed by atoms with Crippen LogP contribution in [0.4, 0.5) is 11.4 Å². The van der Waals surface area contributed by atoms with E-state index in [9.17, 15) is 24.5 Å². The van der Waals surface area contributed by atoms with E-state index in [1.807, 2.05) is 6.07 Å². The van der Waals surface area contributed by atoms with Crippen molar-refractivity contribution in [2.45, 2.75) is 13.3 Å². The lowest BCUT2D eigenvalue weighted by Gasteiger charge is -2.09. The molecule has 2 aromatic carbocycles. The third-order valence-corrected chi connectivity index (χ3v) is 4.36. The second kappa shape index (κ2) is 9.48. The van der Waals surface area contributed by atoms with Crippen molar-refractivity contribution in [3.63, 3.8) is 0 Å². The molecule has 31 heavy (non-hydrogen) atoms. The Labute approximate surface area is 175 Å². The summed E-state index contributed by atoms with van der Waals surface area (Å²) in [4.78, 5) is 46.2. The fraction of sp³-hybridized carbons (Fsp3) is 0.200. The van der Waals surface area contributed by atoms with E-state index in [-0.39, 0.29) is 24.3 Å². The van der Waals surface area contributed by atoms with Crippen LogP contribution in [-0.4, -0.2) is 46.1 Å². The standard InChI is InChI=1S/C20H19N5O6/c1-12-10-13(25(29)30)6-7-15(12)22-17(26)11-31-18(27)8-9-21-20(28)19-14-4-2-3-5-16(14)23-24-19/h2-7,10H,8-9,11H2,1H3,(H,21,28)(H,22,26)(H,23,24). The van der Waals surface area contributed by atoms with Crippen molar-refractivity contribution in [1.82, 2.24) is 15.5 Å². The predicted molar refractivity (Wildman–Crippen MR) is 110 cm³/mol. The number of amides is 2. The number of non-ortho nitro benzene ring substituents is 1. The highest BCUT2D eigenvalue weighted by Crippen LogP contribution is 2.21. The lowest BCUT2D eigenvalue weighted by atomic mass is 10.2. The summed E-state index contributed by atoms with van der Waals surface area (Å²) in [5.74, 6) is -1.68. The van der Waals surface area contributed by atoms with E-state index in [1.165, 1.54) is 18.2 Å². The number of nitrogens with one attached hydrogen (secondary N) is 3. The van der Waals surface area contributed by atoms with Crippen LogP contribution in [0.15, 0.2) is 42.5 Å². The smallest absolute Gasteiger partial charge is 0.308 e. The molecule has 3 aromatic rings. The lowest BCUT2D eigenvalue weighted by Crippen LogP contribution is -2.28. The molecule has 0 fully saturated rings. The number of carbonyl (C=O) groups is 3. The molecule has 0 spiro atoms. The molecule has 2 amide bonds. The zero-order chi connectivity index (χ0) is 22.4. The van der Waals surface area contributed by atoms with E-state index < -0.39 is 29.3 Å². The van der Waals surface area contributed by atoms with Gasteiger partial charge in [-0.05, 0) is 24.6 Å². The maximum Gasteiger partial charge on any atom is 0.308 e. The van der Waals surface area contributed by atoms with Crippen LogP contribution in [0.2, 0.25) is 0 Å². The van der Waals surface area contributed by atoms with Crippen molar-refractivity contribution in [1.29, 1.82) is 0 Å². The predicted octanol–water partition coefficient (Wildman–Crippen LogP) is 2.08. The molecule has 0 saturated heterocycles. The van der Waals surface area contributed by atoms with Crippen LogP contribution >= 0.6 is 0 Å². The number of anilines is 1. The number of rotatable bonds is 8. The van der Waals surface area contributed by atoms with Crippen LogP contribution in [0.5, 0.6) is 0 Å². The first-order valence-corrected chi connectivity index (χ1v) is 9.27. The normalized spacial score (nSPS) is 10.5. The van der Waals surface area contributed by atoms with Crippen molar-refractivity contribution in [2.75, 3.05) is 18.5 Å². The highest BCUT2D eigenvalue weighted by Gasteiger charge is 2.15. The maximum absolute atomic E-state index is 12.2. The Morgan fingerprint density at radius 2 is 1.97 bits per heavy atom. The number of aromatic amines is 1. The third kappa shape index (κ3) is 5.41. The van der Waals surface area contributed by atoms with Gasteiger partial charge in [-0.25, -0.2) is 0 Å². The second-order valence-corrected chi connectivity index (χ2v) is 6.59. The summed E-state index contributed by atoms with van der Waals surface area (Å²) in [5.41, 5.74) is 1.74. The molecule has 3 rings (SSSR count). The maximum atomic E-state index is 12.2. The highest BCUT2D eigenvalue weighted by molar-refractivity contribution is 6.04. The molecule has 0 aliphatic carbocycles. The largest absolute Gasteiger partial charge is 0.456 e. The van der Waals surface area contributed by atoms with Gasteiger partial charge in [-0.1, -0.05) is 18.2 Å². The van der Waals surface area contributed by atoms with Crippen molar-refractivity contribution in [3.8, 4) is 0 Å². The third-order valence-electron chi connectivity index (χ3n) is 4.36. The Kier molecular flexibility index (Phi) is 6.55. The number of hydrogen-bond acceptors (Lipinski definition) is 7. The van der Waals surface area contributed by atoms with Gasteiger partial charge in [0.15, 0.2) is 12.3 Å². The van der Waals surface area contributed by atoms with Crippen molar-refractivity contribution < 1.29 is 24.0 Å². The average molecular weight is 425 g/mol. The zero-order valence-electron chi connectivity index (χ0n) is 16.5. The van der Waals surface area contributed by atoms with Crippen molar-refractivity contribution in [3.05, 3.63) is 63.8 Å². The number of nitro benzene ring substituents is 1. The minimum absolute atomic E-state index is 0.0158. The van der Waals surface area contributed by atoms with E-state index in [4.69, 9.17) is 4.74 Å². The van der Waals surface area contributed by atoms with Gasteiger partial charge in [0.25, 0.3) is 17.5 Å². The van der Waals surface area contributed by atoms with Crippen molar-refractivity contribution in [2.24, 2.45) is 0 Å². The summed E-state index contributed by atoms with van der Waals surface area (Å²) < 4.78 is 4.89. The van der Waals surface area contributed by atoms with E-state index in [1.54, 1.807) is 25.1 Å². The molecular weight excluding hydrogens is 406 g/mol. The van der Waals surface area contributed by atoms with Crippen LogP contribution in [0.25, 0.3) is 10.9 Å². The molecule has 0 aliphatic rings. The fourth-order valence-electron chi connectivity index (χ4n) is 2.80. The summed E-state index contributed by atoms with van der Waals surface area (Å²) in [5, 5.41) is 23.2. The summed E-state index contributed by atoms with van der Waals surface area (Å²) in [6.45, 7) is 1.11. The number of H-pyrrole nitrogens is 1. The zero-order valence-corrected chi connectivity index (χ0v) is 16.5. The second-order valence-electron chi connectivity index (χ2n) is 6.59. The van der Waals surface area contributed by atoms with Crippen LogP contribution in [0.3, 0.4) is 0 Å². The quantitative estimate of drug-likeness (QED) is 0.283. The Morgan fingerprint density at radius 3 is 2.71 bits per heavy atom. The monoisotopic (exact) mass is 425 g/mol. The first kappa shape index (κ1) is 21.4. The van der Waals surface area contributed by atoms with E-state index in [0.717, 1.165) is 5.52 Å². The van der Waals surface area contributed by atoms with Gasteiger partial charge in [-0.3, -0.25) is 29.6 Å². The first-order chi connectivity index (χ1) is 14.8. The minimum atomic E-state index is -0.664. The summed E-state index contributed by atoms with van der Waals surface area (Å²) in [6, 6.07) is 11.1. The van der Waals surface area contributed by atoms with E-state index >= 15 is 0 Å². The Bertz CT molecular complexity index is 1160. The summed E-state index contributed by atoms with van der Waals surface area (Å²) in [6.07, 6.45) is -0.127. The highest BCUT2D eigenvalue weighted by atomic mass is 16.6. The van der Waals surface area contributed by atoms with Gasteiger partial charge in [-0.2, -0.15) is 5.10 Å². The Balaban J connectivity index is 1.41. The lowest BCUT2D eigenvalue weighted by molar-refractivity contribution is -0.384. The van der Waals surface area contributed by atoms with Crippen molar-refractivity contribution >= 4 is 40.1 Å². The molecule has 0 bridgehead atoms. The molecule has 0 atom stereocenters. The number of esters is 1. The van der Waals surface area contributed by atoms with Gasteiger partial charge in [-0.15, -0.1) is 0 Å². The molecule has 1 aromatic heterocycles. The van der Waals surface area contributed by atoms with Gasteiger partial charge in [0, 0.05) is 29.8 Å². The molecule has 11 nitrogen and oxygen atoms in total. The molecule has 0 unspecified atom stereocenters. The molecular formula is C20H19N5O6. The molecule has 0 aliphatic heterocycles. The minimum Gasteiger partial charge on any atom is -0.456 e. The Morgan fingerprint density at radius 1 is 1.19 bits per heavy atom. The topological polar surface area (TPSA) is 156 Å². The van der Waals surface area contributed by atoms with Gasteiger partial charge in [0.2, 0.25) is 0 Å². The molecule has 1 heterocycles. The van der Waals surface area contributed by atoms with Crippen LogP contribution in [0, 0.1) is 17.0 Å². The Hall–Kier alpha value is -4.28. The number of aryl methyl sites for hydroxylation is 1. The van der Waals surface area contributed by atoms with Gasteiger partial charge < -0.3 is 15.4 Å². The van der Waals surface area contributed by atoms with Crippen LogP contribution in [0.1, 0.15) is 22.5 Å². The first-order valence-electron chi connectivity index (χ1n) is 9.27. The van der Waals surface area contributed by atoms with Gasteiger partial charge in [0.1, 0.15) is 0 Å². The number of hydrogen-bond donors (Lipinski definition) is 3. The number of carbonyl (C=O) groups excluding carboxylic acids is 3. The molecule has 3 N–H and O–H groups in total. The van der Waals surface area contributed by atoms with Crippen LogP contribution in [-0.2, 0) is 14.3 Å². The van der Waals surface area contributed by atoms with E-state index in [2.05, 4.69) is 20.8 Å². The average Bonchev–Trinajstić information content (AvgIpc) is 3.18. The number of fused-ring (bicyclic) bond motifs is 1. The number of aromatic nitrogens is 2. The van der Waals surface area contributed by atoms with Gasteiger partial charge in [0.05, 0.1) is 16.9 Å². The number of benzene rings is 2. The fourth-order valence-corrected chi connectivity index (χ4v) is 2.80. The number of nitrogens with zero attached hydrogens (tertiary/aromatic N) is 2. The molecule has 11 heteroatoms. The SMILES string of the molecule is Cc1cc([N+](=O)[O-])ccc1NC(=O)COC(=O)CCNC(=O)c1n[nH]c2ccccc12. The molecule has 0 saturated carbocycles. The molecule has 160 valence electrons. The number of para-hydroxylation sites is 1. The number of nitro groups is 1. The van der Waals surface area contributed by atoms with Gasteiger partial charge >= 0.3 is 5.97 Å². The number of ether oxygens (including phenoxy) is 1. The van der Waals surface area contributed by atoms with Crippen LogP contribution < -0.4 is 10.6 Å². The summed E-state index contributed by atoms with van der Waals surface area (Å²) in [7, 11) is 0. The van der Waals surface area contributed by atoms with E-state index in [0.29, 0.717) is 16.6 Å².